The minimum atomic E-state index is -0.211. The molecule has 2 aliphatic rings. The van der Waals surface area contributed by atoms with Gasteiger partial charge in [0.15, 0.2) is 0 Å². The molecular weight excluding hydrogens is 693 g/mol. The van der Waals surface area contributed by atoms with Crippen LogP contribution in [0.2, 0.25) is 10.0 Å². The Morgan fingerprint density at radius 3 is 2.27 bits per heavy atom. The molecule has 2 atom stereocenters. The fourth-order valence-corrected chi connectivity index (χ4v) is 7.23. The van der Waals surface area contributed by atoms with Crippen molar-refractivity contribution in [2.45, 2.75) is 50.9 Å². The molecule has 15 heteroatoms. The van der Waals surface area contributed by atoms with Crippen LogP contribution < -0.4 is 31.6 Å². The van der Waals surface area contributed by atoms with Gasteiger partial charge in [0, 0.05) is 91.8 Å². The Balaban J connectivity index is 1.13. The van der Waals surface area contributed by atoms with Gasteiger partial charge in [-0.15, -0.1) is 0 Å². The lowest BCUT2D eigenvalue weighted by atomic mass is 10.00. The molecule has 2 amide bonds. The Kier molecular flexibility index (Phi) is 10.0. The number of rotatable bonds is 12. The van der Waals surface area contributed by atoms with Crippen LogP contribution in [0.15, 0.2) is 59.7 Å². The van der Waals surface area contributed by atoms with Crippen LogP contribution in [0.25, 0.3) is 39.2 Å². The third kappa shape index (κ3) is 7.20. The minimum Gasteiger partial charge on any atom is -0.481 e. The van der Waals surface area contributed by atoms with Crippen LogP contribution in [0.1, 0.15) is 37.1 Å². The maximum Gasteiger partial charge on any atom is 0.277 e. The number of methoxy groups -OCH3 is 1. The molecule has 0 aliphatic carbocycles. The van der Waals surface area contributed by atoms with Gasteiger partial charge in [-0.25, -0.2) is 9.50 Å². The van der Waals surface area contributed by atoms with Crippen molar-refractivity contribution in [3.8, 4) is 39.5 Å². The number of amides is 2. The molecule has 6 heterocycles. The second-order valence-corrected chi connectivity index (χ2v) is 13.5. The number of nitrogens with one attached hydrogen (secondary N) is 4. The smallest absolute Gasteiger partial charge is 0.277 e. The van der Waals surface area contributed by atoms with Crippen molar-refractivity contribution in [3.63, 3.8) is 0 Å². The normalized spacial score (nSPS) is 17.3. The molecular formula is C36H37Cl2N9O4. The largest absolute Gasteiger partial charge is 0.481 e. The number of nitrogens with zero attached hydrogens (tertiary/aromatic N) is 5. The molecule has 4 aromatic heterocycles. The molecule has 2 fully saturated rings. The van der Waals surface area contributed by atoms with E-state index in [1.807, 2.05) is 30.3 Å². The molecule has 2 aliphatic heterocycles. The molecule has 0 bridgehead atoms. The predicted molar refractivity (Wildman–Crippen MR) is 195 cm³/mol. The summed E-state index contributed by atoms with van der Waals surface area (Å²) >= 11 is 14.1. The number of ether oxygens (including phenoxy) is 1. The average Bonchev–Trinajstić information content (AvgIpc) is 3.87. The highest BCUT2D eigenvalue weighted by Gasteiger charge is 2.23. The highest BCUT2D eigenvalue weighted by atomic mass is 35.5. The summed E-state index contributed by atoms with van der Waals surface area (Å²) in [5.74, 6) is 1.16. The van der Waals surface area contributed by atoms with Crippen molar-refractivity contribution in [1.29, 1.82) is 0 Å². The first-order valence-corrected chi connectivity index (χ1v) is 17.5. The first-order chi connectivity index (χ1) is 24.7. The molecule has 1 aromatic carbocycles. The zero-order chi connectivity index (χ0) is 35.6. The number of halogens is 2. The molecule has 0 saturated carbocycles. The van der Waals surface area contributed by atoms with Gasteiger partial charge in [0.05, 0.1) is 35.1 Å². The lowest BCUT2D eigenvalue weighted by Gasteiger charge is -2.15. The summed E-state index contributed by atoms with van der Waals surface area (Å²) < 4.78 is 8.70. The van der Waals surface area contributed by atoms with Gasteiger partial charge in [0.2, 0.25) is 17.7 Å². The maximum atomic E-state index is 13.3. The lowest BCUT2D eigenvalue weighted by molar-refractivity contribution is -0.120. The number of aromatic nitrogens is 5. The van der Waals surface area contributed by atoms with Crippen LogP contribution in [0, 0.1) is 0 Å². The topological polar surface area (TPSA) is 157 Å². The summed E-state index contributed by atoms with van der Waals surface area (Å²) in [7, 11) is 3.27. The summed E-state index contributed by atoms with van der Waals surface area (Å²) in [6.07, 6.45) is 6.09. The summed E-state index contributed by atoms with van der Waals surface area (Å²) in [6.45, 7) is 2.13. The first kappa shape index (κ1) is 34.6. The first-order valence-electron chi connectivity index (χ1n) is 16.8. The van der Waals surface area contributed by atoms with E-state index in [0.29, 0.717) is 99.9 Å². The summed E-state index contributed by atoms with van der Waals surface area (Å²) in [5, 5.41) is 18.1. The number of carbonyl (C=O) groups excluding carboxylic acids is 2. The number of fused-ring (bicyclic) bond motifs is 1. The van der Waals surface area contributed by atoms with E-state index in [4.69, 9.17) is 32.9 Å². The van der Waals surface area contributed by atoms with Crippen LogP contribution in [0.4, 0.5) is 0 Å². The van der Waals surface area contributed by atoms with Crippen LogP contribution in [-0.2, 0) is 29.7 Å². The zero-order valence-electron chi connectivity index (χ0n) is 28.1. The fraction of sp³-hybridized carbons (Fsp3) is 0.333. The summed E-state index contributed by atoms with van der Waals surface area (Å²) in [6, 6.07) is 13.2. The van der Waals surface area contributed by atoms with Crippen LogP contribution in [-0.4, -0.2) is 68.2 Å². The van der Waals surface area contributed by atoms with Crippen molar-refractivity contribution < 1.29 is 14.3 Å². The van der Waals surface area contributed by atoms with E-state index >= 15 is 0 Å². The summed E-state index contributed by atoms with van der Waals surface area (Å²) in [5.41, 5.74) is 4.86. The standard InChI is InChI=1S/C36H37Cl2N9O4/c1-46-29(18-40-17-23-8-11-31(49)43-23)45-47-19-21(14-28(47)36(46)50)34-33(38)25(12-13-41-34)24-4-3-5-26(32(24)37)27-9-6-20(35(44-27)51-2)15-39-16-22-7-10-30(48)42-22/h3-6,9,12-14,19,22-23,39-40H,7-8,10-11,15-18H2,1-2H3,(H,42,48)(H,43,49)/t22-,23+/m0/s1. The highest BCUT2D eigenvalue weighted by molar-refractivity contribution is 6.39. The average molecular weight is 731 g/mol. The Hall–Kier alpha value is -4.82. The molecule has 0 spiro atoms. The van der Waals surface area contributed by atoms with E-state index in [1.165, 1.54) is 4.57 Å². The number of pyridine rings is 2. The molecule has 264 valence electrons. The molecule has 2 saturated heterocycles. The molecule has 13 nitrogen and oxygen atoms in total. The van der Waals surface area contributed by atoms with Crippen LogP contribution in [0.5, 0.6) is 5.88 Å². The van der Waals surface area contributed by atoms with Crippen molar-refractivity contribution >= 4 is 40.5 Å². The fourth-order valence-electron chi connectivity index (χ4n) is 6.58. The van der Waals surface area contributed by atoms with Crippen molar-refractivity contribution in [2.24, 2.45) is 7.05 Å². The van der Waals surface area contributed by atoms with E-state index in [2.05, 4.69) is 31.3 Å². The van der Waals surface area contributed by atoms with Gasteiger partial charge in [0.25, 0.3) is 5.56 Å². The van der Waals surface area contributed by atoms with Gasteiger partial charge in [0.1, 0.15) is 11.3 Å². The second kappa shape index (κ2) is 14.8. The second-order valence-electron chi connectivity index (χ2n) is 12.8. The van der Waals surface area contributed by atoms with Gasteiger partial charge < -0.3 is 26.0 Å². The predicted octanol–water partition coefficient (Wildman–Crippen LogP) is 3.88. The molecule has 0 unspecified atom stereocenters. The third-order valence-corrected chi connectivity index (χ3v) is 10.1. The van der Waals surface area contributed by atoms with Crippen molar-refractivity contribution in [1.82, 2.24) is 45.4 Å². The van der Waals surface area contributed by atoms with Gasteiger partial charge in [-0.2, -0.15) is 5.10 Å². The van der Waals surface area contributed by atoms with E-state index in [0.717, 1.165) is 18.4 Å². The molecule has 5 aromatic rings. The number of benzene rings is 1. The van der Waals surface area contributed by atoms with Crippen LogP contribution in [0.3, 0.4) is 0 Å². The van der Waals surface area contributed by atoms with E-state index < -0.39 is 0 Å². The van der Waals surface area contributed by atoms with E-state index in [1.54, 1.807) is 43.2 Å². The number of carbonyl (C=O) groups is 2. The van der Waals surface area contributed by atoms with Gasteiger partial charge in [-0.1, -0.05) is 47.5 Å². The lowest BCUT2D eigenvalue weighted by Crippen LogP contribution is -2.36. The highest BCUT2D eigenvalue weighted by Crippen LogP contribution is 2.41. The van der Waals surface area contributed by atoms with Crippen LogP contribution >= 0.6 is 23.2 Å². The van der Waals surface area contributed by atoms with Gasteiger partial charge in [-0.3, -0.25) is 23.9 Å². The van der Waals surface area contributed by atoms with Gasteiger partial charge >= 0.3 is 0 Å². The minimum absolute atomic E-state index is 0.0565. The van der Waals surface area contributed by atoms with E-state index in [9.17, 15) is 14.4 Å². The Morgan fingerprint density at radius 1 is 0.902 bits per heavy atom. The summed E-state index contributed by atoms with van der Waals surface area (Å²) in [4.78, 5) is 45.7. The molecule has 4 N–H and O–H groups in total. The SMILES string of the molecule is COc1nc(-c2cccc(-c3ccnc(-c4cc5c(=O)n(C)c(CNC[C@H]6CCC(=O)N6)nn5c4)c3Cl)c2Cl)ccc1CNC[C@@H]1CCC(=O)N1. The zero-order valence-corrected chi connectivity index (χ0v) is 29.6. The maximum absolute atomic E-state index is 13.3. The monoisotopic (exact) mass is 729 g/mol. The number of hydrogen-bond donors (Lipinski definition) is 4. The third-order valence-electron chi connectivity index (χ3n) is 9.34. The molecule has 7 rings (SSSR count). The Labute approximate surface area is 303 Å². The van der Waals surface area contributed by atoms with Crippen molar-refractivity contribution in [3.05, 3.63) is 86.6 Å². The van der Waals surface area contributed by atoms with Gasteiger partial charge in [-0.05, 0) is 31.0 Å². The Bertz CT molecular complexity index is 2200. The van der Waals surface area contributed by atoms with E-state index in [-0.39, 0.29) is 29.5 Å². The Morgan fingerprint density at radius 2 is 1.59 bits per heavy atom. The molecule has 0 radical (unpaired) electrons. The van der Waals surface area contributed by atoms with Crippen molar-refractivity contribution in [2.75, 3.05) is 20.2 Å². The quantitative estimate of drug-likeness (QED) is 0.150. The molecule has 51 heavy (non-hydrogen) atoms. The number of hydrogen-bond acceptors (Lipinski definition) is 9.